The van der Waals surface area contributed by atoms with Crippen LogP contribution in [0, 0.1) is 13.8 Å². The van der Waals surface area contributed by atoms with E-state index in [1.165, 1.54) is 0 Å². The number of aryl methyl sites for hydroxylation is 1. The second kappa shape index (κ2) is 7.77. The highest BCUT2D eigenvalue weighted by molar-refractivity contribution is 6.35. The average molecular weight is 380 g/mol. The molecule has 5 nitrogen and oxygen atoms in total. The topological polar surface area (TPSA) is 36.7 Å². The Bertz CT molecular complexity index is 756. The van der Waals surface area contributed by atoms with E-state index in [0.717, 1.165) is 48.7 Å². The number of rotatable bonds is 4. The van der Waals surface area contributed by atoms with Crippen molar-refractivity contribution in [3.63, 3.8) is 0 Å². The molecule has 0 amide bonds. The first kappa shape index (κ1) is 18.2. The molecule has 0 bridgehead atoms. The van der Waals surface area contributed by atoms with Crippen LogP contribution < -0.4 is 0 Å². The summed E-state index contributed by atoms with van der Waals surface area (Å²) in [5.74, 6) is 0. The van der Waals surface area contributed by atoms with Crippen molar-refractivity contribution in [2.45, 2.75) is 20.4 Å². The van der Waals surface area contributed by atoms with Crippen LogP contribution >= 0.6 is 23.2 Å². The Morgan fingerprint density at radius 3 is 2.40 bits per heavy atom. The third-order valence-corrected chi connectivity index (χ3v) is 5.35. The lowest BCUT2D eigenvalue weighted by Crippen LogP contribution is -2.41. The number of hydrazone groups is 1. The van der Waals surface area contributed by atoms with Gasteiger partial charge in [0.25, 0.3) is 0 Å². The summed E-state index contributed by atoms with van der Waals surface area (Å²) in [4.78, 5) is 2.31. The molecule has 1 fully saturated rings. The fourth-order valence-electron chi connectivity index (χ4n) is 2.94. The number of hydrogen-bond donors (Lipinski definition) is 0. The van der Waals surface area contributed by atoms with Crippen molar-refractivity contribution in [3.8, 4) is 0 Å². The third kappa shape index (κ3) is 4.17. The summed E-state index contributed by atoms with van der Waals surface area (Å²) in [5, 5.41) is 12.7. The SMILES string of the molecule is Cc1nn(Cc2c(Cl)cccc2Cl)c(C)c1C=NN1CCN(C)CC1. The summed E-state index contributed by atoms with van der Waals surface area (Å²) in [6.45, 7) is 8.59. The molecule has 1 aromatic heterocycles. The molecule has 2 aromatic rings. The maximum Gasteiger partial charge on any atom is 0.0692 e. The van der Waals surface area contributed by atoms with Crippen LogP contribution in [0.5, 0.6) is 0 Å². The molecule has 25 heavy (non-hydrogen) atoms. The second-order valence-electron chi connectivity index (χ2n) is 6.44. The minimum atomic E-state index is 0.549. The Morgan fingerprint density at radius 2 is 1.76 bits per heavy atom. The Hall–Kier alpha value is -1.56. The third-order valence-electron chi connectivity index (χ3n) is 4.64. The highest BCUT2D eigenvalue weighted by atomic mass is 35.5. The number of halogens is 2. The van der Waals surface area contributed by atoms with Crippen LogP contribution in [0.2, 0.25) is 10.0 Å². The fourth-order valence-corrected chi connectivity index (χ4v) is 3.45. The number of nitrogens with zero attached hydrogens (tertiary/aromatic N) is 5. The molecule has 134 valence electrons. The molecule has 0 spiro atoms. The van der Waals surface area contributed by atoms with E-state index in [4.69, 9.17) is 23.2 Å². The van der Waals surface area contributed by atoms with Crippen LogP contribution in [0.1, 0.15) is 22.5 Å². The van der Waals surface area contributed by atoms with Gasteiger partial charge in [-0.2, -0.15) is 10.2 Å². The van der Waals surface area contributed by atoms with Gasteiger partial charge < -0.3 is 4.90 Å². The lowest BCUT2D eigenvalue weighted by Gasteiger charge is -2.30. The quantitative estimate of drug-likeness (QED) is 0.763. The summed E-state index contributed by atoms with van der Waals surface area (Å²) in [6.07, 6.45) is 1.92. The minimum absolute atomic E-state index is 0.549. The normalized spacial score (nSPS) is 16.1. The zero-order chi connectivity index (χ0) is 18.0. The Morgan fingerprint density at radius 1 is 1.12 bits per heavy atom. The van der Waals surface area contributed by atoms with Gasteiger partial charge in [-0.15, -0.1) is 0 Å². The van der Waals surface area contributed by atoms with Crippen molar-refractivity contribution in [2.24, 2.45) is 5.10 Å². The number of benzene rings is 1. The summed E-state index contributed by atoms with van der Waals surface area (Å²) in [6, 6.07) is 5.55. The number of hydrogen-bond acceptors (Lipinski definition) is 4. The van der Waals surface area contributed by atoms with Crippen LogP contribution in [0.4, 0.5) is 0 Å². The van der Waals surface area contributed by atoms with E-state index in [1.807, 2.05) is 36.0 Å². The van der Waals surface area contributed by atoms with Gasteiger partial charge in [0.1, 0.15) is 0 Å². The first-order valence-corrected chi connectivity index (χ1v) is 9.15. The zero-order valence-electron chi connectivity index (χ0n) is 14.8. The molecule has 7 heteroatoms. The van der Waals surface area contributed by atoms with E-state index >= 15 is 0 Å². The van der Waals surface area contributed by atoms with E-state index in [1.54, 1.807) is 0 Å². The van der Waals surface area contributed by atoms with Crippen LogP contribution in [-0.4, -0.2) is 59.1 Å². The predicted molar refractivity (Wildman–Crippen MR) is 104 cm³/mol. The average Bonchev–Trinajstić information content (AvgIpc) is 2.84. The van der Waals surface area contributed by atoms with Gasteiger partial charge in [-0.25, -0.2) is 0 Å². The van der Waals surface area contributed by atoms with Crippen molar-refractivity contribution in [1.29, 1.82) is 0 Å². The maximum atomic E-state index is 6.29. The van der Waals surface area contributed by atoms with Crippen molar-refractivity contribution in [3.05, 3.63) is 50.8 Å². The van der Waals surface area contributed by atoms with E-state index in [2.05, 4.69) is 34.1 Å². The fraction of sp³-hybridized carbons (Fsp3) is 0.444. The van der Waals surface area contributed by atoms with Crippen molar-refractivity contribution in [2.75, 3.05) is 33.2 Å². The summed E-state index contributed by atoms with van der Waals surface area (Å²) >= 11 is 12.6. The number of likely N-dealkylation sites (N-methyl/N-ethyl adjacent to an activating group) is 1. The van der Waals surface area contributed by atoms with Gasteiger partial charge in [0.15, 0.2) is 0 Å². The van der Waals surface area contributed by atoms with Gasteiger partial charge in [0, 0.05) is 53.0 Å². The molecule has 0 unspecified atom stereocenters. The molecule has 1 aliphatic heterocycles. The van der Waals surface area contributed by atoms with Crippen LogP contribution in [0.25, 0.3) is 0 Å². The molecule has 1 saturated heterocycles. The predicted octanol–water partition coefficient (Wildman–Crippen LogP) is 3.44. The van der Waals surface area contributed by atoms with E-state index in [9.17, 15) is 0 Å². The number of aromatic nitrogens is 2. The molecule has 3 rings (SSSR count). The van der Waals surface area contributed by atoms with Crippen LogP contribution in [0.15, 0.2) is 23.3 Å². The van der Waals surface area contributed by atoms with Gasteiger partial charge in [-0.1, -0.05) is 29.3 Å². The van der Waals surface area contributed by atoms with E-state index in [0.29, 0.717) is 16.6 Å². The molecule has 1 aliphatic rings. The summed E-state index contributed by atoms with van der Waals surface area (Å²) in [5.41, 5.74) is 3.96. The van der Waals surface area contributed by atoms with E-state index in [-0.39, 0.29) is 0 Å². The molecule has 0 N–H and O–H groups in total. The van der Waals surface area contributed by atoms with Crippen molar-refractivity contribution < 1.29 is 0 Å². The van der Waals surface area contributed by atoms with Gasteiger partial charge >= 0.3 is 0 Å². The molecule has 2 heterocycles. The van der Waals surface area contributed by atoms with Gasteiger partial charge in [0.05, 0.1) is 18.5 Å². The van der Waals surface area contributed by atoms with Gasteiger partial charge in [0.2, 0.25) is 0 Å². The molecule has 1 aromatic carbocycles. The minimum Gasteiger partial charge on any atom is -0.303 e. The van der Waals surface area contributed by atoms with Crippen LogP contribution in [-0.2, 0) is 6.54 Å². The smallest absolute Gasteiger partial charge is 0.0692 e. The Balaban J connectivity index is 1.79. The lowest BCUT2D eigenvalue weighted by atomic mass is 10.2. The van der Waals surface area contributed by atoms with Crippen molar-refractivity contribution in [1.82, 2.24) is 19.7 Å². The Labute approximate surface area is 158 Å². The monoisotopic (exact) mass is 379 g/mol. The maximum absolute atomic E-state index is 6.29. The molecular formula is C18H23Cl2N5. The lowest BCUT2D eigenvalue weighted by molar-refractivity contribution is 0.159. The summed E-state index contributed by atoms with van der Waals surface area (Å²) < 4.78 is 1.94. The molecule has 0 radical (unpaired) electrons. The van der Waals surface area contributed by atoms with E-state index < -0.39 is 0 Å². The van der Waals surface area contributed by atoms with Gasteiger partial charge in [-0.05, 0) is 33.0 Å². The van der Waals surface area contributed by atoms with Gasteiger partial charge in [-0.3, -0.25) is 9.69 Å². The molecular weight excluding hydrogens is 357 g/mol. The Kier molecular flexibility index (Phi) is 5.67. The highest BCUT2D eigenvalue weighted by Gasteiger charge is 2.15. The van der Waals surface area contributed by atoms with Crippen LogP contribution in [0.3, 0.4) is 0 Å². The molecule has 0 aliphatic carbocycles. The standard InChI is InChI=1S/C18H23Cl2N5/c1-13-15(11-21-24-9-7-23(3)8-10-24)14(2)25(22-13)12-16-17(19)5-4-6-18(16)20/h4-6,11H,7-10,12H2,1-3H3. The first-order chi connectivity index (χ1) is 12.0. The zero-order valence-corrected chi connectivity index (χ0v) is 16.3. The second-order valence-corrected chi connectivity index (χ2v) is 7.26. The number of piperazine rings is 1. The highest BCUT2D eigenvalue weighted by Crippen LogP contribution is 2.26. The first-order valence-electron chi connectivity index (χ1n) is 8.40. The molecule has 0 saturated carbocycles. The largest absolute Gasteiger partial charge is 0.303 e. The summed E-state index contributed by atoms with van der Waals surface area (Å²) in [7, 11) is 2.14. The molecule has 0 atom stereocenters. The van der Waals surface area contributed by atoms with Crippen molar-refractivity contribution >= 4 is 29.4 Å².